The van der Waals surface area contributed by atoms with Crippen molar-refractivity contribution in [3.05, 3.63) is 11.9 Å². The van der Waals surface area contributed by atoms with E-state index in [0.29, 0.717) is 13.1 Å². The number of carbonyl (C=O) groups excluding carboxylic acids is 1. The summed E-state index contributed by atoms with van der Waals surface area (Å²) in [5, 5.41) is 12.6. The Labute approximate surface area is 166 Å². The second kappa shape index (κ2) is 8.31. The van der Waals surface area contributed by atoms with Gasteiger partial charge in [-0.25, -0.2) is 9.97 Å². The number of hydrogen-bond donors (Lipinski definition) is 1. The van der Waals surface area contributed by atoms with Gasteiger partial charge in [0.05, 0.1) is 24.7 Å². The van der Waals surface area contributed by atoms with Gasteiger partial charge in [-0.1, -0.05) is 0 Å². The zero-order valence-corrected chi connectivity index (χ0v) is 16.6. The largest absolute Gasteiger partial charge is 0.356 e. The highest BCUT2D eigenvalue weighted by molar-refractivity contribution is 5.84. The molecule has 1 atom stereocenters. The number of nitrogens with zero attached hydrogens (tertiary/aromatic N) is 6. The zero-order valence-electron chi connectivity index (χ0n) is 16.6. The third-order valence-electron chi connectivity index (χ3n) is 6.25. The number of amides is 1. The molecule has 28 heavy (non-hydrogen) atoms. The summed E-state index contributed by atoms with van der Waals surface area (Å²) in [6, 6.07) is 2.65. The van der Waals surface area contributed by atoms with E-state index in [1.54, 1.807) is 6.33 Å². The zero-order chi connectivity index (χ0) is 19.5. The van der Waals surface area contributed by atoms with Crippen LogP contribution in [0.1, 0.15) is 37.7 Å². The van der Waals surface area contributed by atoms with E-state index in [-0.39, 0.29) is 17.9 Å². The van der Waals surface area contributed by atoms with Gasteiger partial charge in [0.2, 0.25) is 5.91 Å². The van der Waals surface area contributed by atoms with Crippen LogP contribution in [0.4, 0.5) is 11.6 Å². The van der Waals surface area contributed by atoms with Gasteiger partial charge in [0.25, 0.3) is 0 Å². The number of rotatable bonds is 2. The molecule has 1 N–H and O–H groups in total. The molecule has 8 nitrogen and oxygen atoms in total. The van der Waals surface area contributed by atoms with E-state index in [1.165, 1.54) is 0 Å². The van der Waals surface area contributed by atoms with Gasteiger partial charge in [0.1, 0.15) is 18.0 Å². The summed E-state index contributed by atoms with van der Waals surface area (Å²) < 4.78 is 0. The van der Waals surface area contributed by atoms with Gasteiger partial charge in [0, 0.05) is 32.1 Å². The van der Waals surface area contributed by atoms with Gasteiger partial charge in [-0.15, -0.1) is 0 Å². The lowest BCUT2D eigenvalue weighted by atomic mass is 9.98. The molecule has 2 fully saturated rings. The Bertz CT molecular complexity index is 745. The van der Waals surface area contributed by atoms with Crippen molar-refractivity contribution >= 4 is 17.5 Å². The van der Waals surface area contributed by atoms with Crippen molar-refractivity contribution in [1.29, 1.82) is 5.26 Å². The van der Waals surface area contributed by atoms with Crippen LogP contribution in [0.25, 0.3) is 0 Å². The fourth-order valence-electron chi connectivity index (χ4n) is 4.63. The number of carbonyl (C=O) groups is 1. The average molecular weight is 384 g/mol. The van der Waals surface area contributed by atoms with E-state index < -0.39 is 0 Å². The van der Waals surface area contributed by atoms with E-state index >= 15 is 0 Å². The lowest BCUT2D eigenvalue weighted by molar-refractivity contribution is -0.132. The maximum absolute atomic E-state index is 13.0. The summed E-state index contributed by atoms with van der Waals surface area (Å²) in [6.07, 6.45) is 6.45. The lowest BCUT2D eigenvalue weighted by Crippen LogP contribution is -2.43. The van der Waals surface area contributed by atoms with Crippen molar-refractivity contribution < 1.29 is 4.79 Å². The van der Waals surface area contributed by atoms with E-state index in [2.05, 4.69) is 31.2 Å². The molecule has 0 aliphatic carbocycles. The molecule has 3 aliphatic rings. The maximum Gasteiger partial charge on any atom is 0.242 e. The van der Waals surface area contributed by atoms with Crippen molar-refractivity contribution in [3.63, 3.8) is 0 Å². The van der Waals surface area contributed by atoms with Crippen molar-refractivity contribution in [2.24, 2.45) is 5.92 Å². The molecule has 1 aromatic rings. The van der Waals surface area contributed by atoms with Crippen LogP contribution < -0.4 is 15.1 Å². The molecule has 4 heterocycles. The first-order valence-electron chi connectivity index (χ1n) is 10.4. The molecule has 0 saturated carbocycles. The molecule has 1 unspecified atom stereocenters. The van der Waals surface area contributed by atoms with Crippen molar-refractivity contribution in [3.8, 4) is 6.07 Å². The Morgan fingerprint density at radius 1 is 1.11 bits per heavy atom. The second-order valence-corrected chi connectivity index (χ2v) is 8.10. The predicted octanol–water partition coefficient (Wildman–Crippen LogP) is 1.14. The quantitative estimate of drug-likeness (QED) is 0.819. The number of aromatic nitrogens is 2. The summed E-state index contributed by atoms with van der Waals surface area (Å²) in [5.41, 5.74) is 1.04. The van der Waals surface area contributed by atoms with Gasteiger partial charge < -0.3 is 20.0 Å². The van der Waals surface area contributed by atoms with E-state index in [4.69, 9.17) is 0 Å². The Morgan fingerprint density at radius 2 is 1.89 bits per heavy atom. The Morgan fingerprint density at radius 3 is 2.68 bits per heavy atom. The number of likely N-dealkylation sites (N-methyl/N-ethyl adjacent to an activating group) is 1. The number of nitriles is 1. The molecule has 1 aromatic heterocycles. The van der Waals surface area contributed by atoms with Crippen LogP contribution in [0.15, 0.2) is 6.33 Å². The third-order valence-corrected chi connectivity index (χ3v) is 6.25. The van der Waals surface area contributed by atoms with Gasteiger partial charge in [0.15, 0.2) is 0 Å². The Kier molecular flexibility index (Phi) is 5.62. The van der Waals surface area contributed by atoms with Crippen LogP contribution >= 0.6 is 0 Å². The first-order chi connectivity index (χ1) is 13.7. The molecule has 2 saturated heterocycles. The molecular weight excluding hydrogens is 354 g/mol. The van der Waals surface area contributed by atoms with Crippen LogP contribution in [-0.4, -0.2) is 66.6 Å². The molecule has 4 rings (SSSR count). The first-order valence-corrected chi connectivity index (χ1v) is 10.4. The second-order valence-electron chi connectivity index (χ2n) is 8.10. The molecule has 3 aliphatic heterocycles. The van der Waals surface area contributed by atoms with Gasteiger partial charge in [-0.3, -0.25) is 4.79 Å². The Balaban J connectivity index is 1.64. The fraction of sp³-hybridized carbons (Fsp3) is 0.700. The van der Waals surface area contributed by atoms with Crippen molar-refractivity contribution in [2.75, 3.05) is 49.6 Å². The maximum atomic E-state index is 13.0. The highest BCUT2D eigenvalue weighted by Crippen LogP contribution is 2.33. The third kappa shape index (κ3) is 3.76. The summed E-state index contributed by atoms with van der Waals surface area (Å²) in [6.45, 7) is 4.55. The SMILES string of the molecule is CN1CC(=O)N(C2CCCNCC2)Cc2c1ncnc2N1CCC(C#N)CC1. The molecule has 1 amide bonds. The molecule has 0 spiro atoms. The normalized spacial score (nSPS) is 24.4. The van der Waals surface area contributed by atoms with Crippen LogP contribution in [0, 0.1) is 17.2 Å². The number of fused-ring (bicyclic) bond motifs is 1. The Hall–Kier alpha value is -2.40. The summed E-state index contributed by atoms with van der Waals surface area (Å²) in [4.78, 5) is 28.5. The number of anilines is 2. The minimum atomic E-state index is 0.135. The van der Waals surface area contributed by atoms with Crippen LogP contribution in [0.2, 0.25) is 0 Å². The number of hydrogen-bond acceptors (Lipinski definition) is 7. The standard InChI is InChI=1S/C20H29N7O/c1-25-13-18(28)27(16-3-2-7-22-8-4-16)12-17-19(25)23-14-24-20(17)26-9-5-15(11-21)6-10-26/h14-16,22H,2-10,12-13H2,1H3. The molecule has 0 bridgehead atoms. The van der Waals surface area contributed by atoms with Crippen LogP contribution in [0.3, 0.4) is 0 Å². The minimum absolute atomic E-state index is 0.135. The highest BCUT2D eigenvalue weighted by Gasteiger charge is 2.33. The number of nitrogens with one attached hydrogen (secondary N) is 1. The van der Waals surface area contributed by atoms with Gasteiger partial charge >= 0.3 is 0 Å². The van der Waals surface area contributed by atoms with Gasteiger partial charge in [-0.05, 0) is 45.2 Å². The molecule has 8 heteroatoms. The monoisotopic (exact) mass is 383 g/mol. The number of piperidine rings is 1. The van der Waals surface area contributed by atoms with Gasteiger partial charge in [-0.2, -0.15) is 5.26 Å². The fourth-order valence-corrected chi connectivity index (χ4v) is 4.63. The first kappa shape index (κ1) is 18.9. The summed E-state index contributed by atoms with van der Waals surface area (Å²) >= 11 is 0. The predicted molar refractivity (Wildman–Crippen MR) is 107 cm³/mol. The van der Waals surface area contributed by atoms with Crippen molar-refractivity contribution in [1.82, 2.24) is 20.2 Å². The average Bonchev–Trinajstić information content (AvgIpc) is 3.06. The smallest absolute Gasteiger partial charge is 0.242 e. The van der Waals surface area contributed by atoms with E-state index in [1.807, 2.05) is 11.9 Å². The summed E-state index contributed by atoms with van der Waals surface area (Å²) in [5.74, 6) is 2.09. The minimum Gasteiger partial charge on any atom is -0.356 e. The van der Waals surface area contributed by atoms with Crippen LogP contribution in [0.5, 0.6) is 0 Å². The lowest BCUT2D eigenvalue weighted by Gasteiger charge is -2.33. The summed E-state index contributed by atoms with van der Waals surface area (Å²) in [7, 11) is 1.94. The topological polar surface area (TPSA) is 88.4 Å². The van der Waals surface area contributed by atoms with E-state index in [0.717, 1.165) is 75.5 Å². The van der Waals surface area contributed by atoms with Crippen LogP contribution in [-0.2, 0) is 11.3 Å². The highest BCUT2D eigenvalue weighted by atomic mass is 16.2. The molecule has 0 aromatic carbocycles. The molecule has 150 valence electrons. The molecule has 0 radical (unpaired) electrons. The molecular formula is C20H29N7O. The van der Waals surface area contributed by atoms with E-state index in [9.17, 15) is 10.1 Å². The van der Waals surface area contributed by atoms with Crippen molar-refractivity contribution in [2.45, 2.75) is 44.7 Å².